The quantitative estimate of drug-likeness (QED) is 0.931. The van der Waals surface area contributed by atoms with Gasteiger partial charge in [-0.25, -0.2) is 0 Å². The minimum absolute atomic E-state index is 0.159. The van der Waals surface area contributed by atoms with Gasteiger partial charge in [0.1, 0.15) is 5.75 Å². The zero-order chi connectivity index (χ0) is 14.9. The third kappa shape index (κ3) is 2.72. The molecule has 4 rings (SSSR count). The van der Waals surface area contributed by atoms with Crippen LogP contribution in [0, 0.1) is 11.8 Å². The van der Waals surface area contributed by atoms with Gasteiger partial charge in [-0.1, -0.05) is 6.07 Å². The molecule has 4 nitrogen and oxygen atoms in total. The molecule has 2 atom stereocenters. The Kier molecular flexibility index (Phi) is 3.78. The second-order valence-electron chi connectivity index (χ2n) is 6.94. The SMILES string of the molecule is O=C(c1cccc(OC2CCCC2)c1)N1C[C@H]2CNC[C@H]2C1. The number of carbonyl (C=O) groups excluding carboxylic acids is 1. The molecule has 0 radical (unpaired) electrons. The summed E-state index contributed by atoms with van der Waals surface area (Å²) in [6.07, 6.45) is 5.13. The minimum Gasteiger partial charge on any atom is -0.490 e. The van der Waals surface area contributed by atoms with Gasteiger partial charge in [-0.3, -0.25) is 4.79 Å². The highest BCUT2D eigenvalue weighted by Crippen LogP contribution is 2.29. The van der Waals surface area contributed by atoms with Crippen molar-refractivity contribution < 1.29 is 9.53 Å². The smallest absolute Gasteiger partial charge is 0.254 e. The maximum Gasteiger partial charge on any atom is 0.254 e. The van der Waals surface area contributed by atoms with E-state index in [1.165, 1.54) is 12.8 Å². The van der Waals surface area contributed by atoms with E-state index in [-0.39, 0.29) is 5.91 Å². The molecule has 118 valence electrons. The summed E-state index contributed by atoms with van der Waals surface area (Å²) in [5, 5.41) is 3.42. The average molecular weight is 300 g/mol. The molecule has 1 amide bonds. The number of carbonyl (C=O) groups is 1. The van der Waals surface area contributed by atoms with Crippen LogP contribution in [-0.2, 0) is 0 Å². The summed E-state index contributed by atoms with van der Waals surface area (Å²) in [5.74, 6) is 2.29. The van der Waals surface area contributed by atoms with Crippen molar-refractivity contribution in [3.05, 3.63) is 29.8 Å². The van der Waals surface area contributed by atoms with E-state index in [9.17, 15) is 4.79 Å². The molecule has 0 aromatic heterocycles. The van der Waals surface area contributed by atoms with E-state index < -0.39 is 0 Å². The zero-order valence-corrected chi connectivity index (χ0v) is 13.0. The third-order valence-electron chi connectivity index (χ3n) is 5.36. The molecule has 3 fully saturated rings. The Morgan fingerprint density at radius 2 is 1.86 bits per heavy atom. The molecule has 0 spiro atoms. The molecular weight excluding hydrogens is 276 g/mol. The van der Waals surface area contributed by atoms with Crippen molar-refractivity contribution in [2.75, 3.05) is 26.2 Å². The second-order valence-corrected chi connectivity index (χ2v) is 6.94. The van der Waals surface area contributed by atoms with Gasteiger partial charge in [0, 0.05) is 31.7 Å². The fraction of sp³-hybridized carbons (Fsp3) is 0.611. The van der Waals surface area contributed by atoms with Crippen LogP contribution in [0.4, 0.5) is 0 Å². The Balaban J connectivity index is 1.44. The second kappa shape index (κ2) is 5.92. The lowest BCUT2D eigenvalue weighted by Gasteiger charge is -2.19. The lowest BCUT2D eigenvalue weighted by atomic mass is 10.0. The first kappa shape index (κ1) is 14.1. The van der Waals surface area contributed by atoms with Crippen molar-refractivity contribution in [3.8, 4) is 5.75 Å². The van der Waals surface area contributed by atoms with Crippen LogP contribution < -0.4 is 10.1 Å². The van der Waals surface area contributed by atoms with Gasteiger partial charge < -0.3 is 15.0 Å². The average Bonchev–Trinajstić information content (AvgIpc) is 3.23. The molecule has 1 aliphatic carbocycles. The van der Waals surface area contributed by atoms with E-state index in [1.54, 1.807) is 0 Å². The Bertz CT molecular complexity index is 542. The van der Waals surface area contributed by atoms with Gasteiger partial charge in [-0.2, -0.15) is 0 Å². The maximum absolute atomic E-state index is 12.7. The van der Waals surface area contributed by atoms with Gasteiger partial charge in [0.05, 0.1) is 6.10 Å². The summed E-state index contributed by atoms with van der Waals surface area (Å²) < 4.78 is 6.02. The van der Waals surface area contributed by atoms with Gasteiger partial charge in [-0.15, -0.1) is 0 Å². The number of likely N-dealkylation sites (tertiary alicyclic amines) is 1. The number of hydrogen-bond acceptors (Lipinski definition) is 3. The number of hydrogen-bond donors (Lipinski definition) is 1. The van der Waals surface area contributed by atoms with E-state index in [0.717, 1.165) is 50.3 Å². The molecular formula is C18H24N2O2. The van der Waals surface area contributed by atoms with Crippen LogP contribution in [0.5, 0.6) is 5.75 Å². The Morgan fingerprint density at radius 3 is 2.59 bits per heavy atom. The molecule has 0 bridgehead atoms. The molecule has 0 unspecified atom stereocenters. The number of nitrogens with one attached hydrogen (secondary N) is 1. The molecule has 1 saturated carbocycles. The summed E-state index contributed by atoms with van der Waals surface area (Å²) in [6, 6.07) is 7.75. The number of amides is 1. The first-order valence-electron chi connectivity index (χ1n) is 8.56. The lowest BCUT2D eigenvalue weighted by molar-refractivity contribution is 0.0781. The normalized spacial score (nSPS) is 28.1. The third-order valence-corrected chi connectivity index (χ3v) is 5.36. The van der Waals surface area contributed by atoms with E-state index >= 15 is 0 Å². The summed E-state index contributed by atoms with van der Waals surface area (Å²) >= 11 is 0. The van der Waals surface area contributed by atoms with Crippen LogP contribution in [0.2, 0.25) is 0 Å². The summed E-state index contributed by atoms with van der Waals surface area (Å²) in [7, 11) is 0. The predicted molar refractivity (Wildman–Crippen MR) is 85.1 cm³/mol. The highest BCUT2D eigenvalue weighted by molar-refractivity contribution is 5.94. The summed E-state index contributed by atoms with van der Waals surface area (Å²) in [5.41, 5.74) is 0.767. The van der Waals surface area contributed by atoms with Gasteiger partial charge in [0.15, 0.2) is 0 Å². The summed E-state index contributed by atoms with van der Waals surface area (Å²) in [6.45, 7) is 3.90. The highest BCUT2D eigenvalue weighted by Gasteiger charge is 2.38. The number of ether oxygens (including phenoxy) is 1. The lowest BCUT2D eigenvalue weighted by Crippen LogP contribution is -2.31. The number of fused-ring (bicyclic) bond motifs is 1. The van der Waals surface area contributed by atoms with Crippen LogP contribution in [0.1, 0.15) is 36.0 Å². The molecule has 2 saturated heterocycles. The Labute approximate surface area is 131 Å². The first-order valence-corrected chi connectivity index (χ1v) is 8.56. The highest BCUT2D eigenvalue weighted by atomic mass is 16.5. The van der Waals surface area contributed by atoms with Gasteiger partial charge in [0.25, 0.3) is 5.91 Å². The standard InChI is InChI=1S/C18H24N2O2/c21-18(20-11-14-9-19-10-15(14)12-20)13-4-3-7-17(8-13)22-16-5-1-2-6-16/h3-4,7-8,14-16,19H,1-2,5-6,9-12H2/t14-,15+. The van der Waals surface area contributed by atoms with Gasteiger partial charge in [-0.05, 0) is 55.7 Å². The maximum atomic E-state index is 12.7. The number of benzene rings is 1. The molecule has 2 heterocycles. The summed E-state index contributed by atoms with van der Waals surface area (Å²) in [4.78, 5) is 14.7. The van der Waals surface area contributed by atoms with Crippen LogP contribution in [0.15, 0.2) is 24.3 Å². The molecule has 3 aliphatic rings. The van der Waals surface area contributed by atoms with Crippen molar-refractivity contribution in [2.24, 2.45) is 11.8 Å². The Hall–Kier alpha value is -1.55. The van der Waals surface area contributed by atoms with Crippen LogP contribution >= 0.6 is 0 Å². The zero-order valence-electron chi connectivity index (χ0n) is 13.0. The minimum atomic E-state index is 0.159. The van der Waals surface area contributed by atoms with Gasteiger partial charge >= 0.3 is 0 Å². The topological polar surface area (TPSA) is 41.6 Å². The molecule has 4 heteroatoms. The molecule has 2 aliphatic heterocycles. The van der Waals surface area contributed by atoms with Crippen molar-refractivity contribution in [1.82, 2.24) is 10.2 Å². The van der Waals surface area contributed by atoms with Crippen LogP contribution in [0.25, 0.3) is 0 Å². The molecule has 1 aromatic rings. The van der Waals surface area contributed by atoms with Crippen molar-refractivity contribution in [3.63, 3.8) is 0 Å². The monoisotopic (exact) mass is 300 g/mol. The largest absolute Gasteiger partial charge is 0.490 e. The molecule has 1 aromatic carbocycles. The molecule has 22 heavy (non-hydrogen) atoms. The van der Waals surface area contributed by atoms with Crippen molar-refractivity contribution in [1.29, 1.82) is 0 Å². The first-order chi connectivity index (χ1) is 10.8. The van der Waals surface area contributed by atoms with E-state index in [0.29, 0.717) is 17.9 Å². The van der Waals surface area contributed by atoms with Crippen LogP contribution in [-0.4, -0.2) is 43.1 Å². The number of nitrogens with zero attached hydrogens (tertiary/aromatic N) is 1. The van der Waals surface area contributed by atoms with Crippen molar-refractivity contribution in [2.45, 2.75) is 31.8 Å². The fourth-order valence-corrected chi connectivity index (χ4v) is 4.10. The van der Waals surface area contributed by atoms with Gasteiger partial charge in [0.2, 0.25) is 0 Å². The fourth-order valence-electron chi connectivity index (χ4n) is 4.10. The molecule has 1 N–H and O–H groups in total. The van der Waals surface area contributed by atoms with E-state index in [1.807, 2.05) is 29.2 Å². The van der Waals surface area contributed by atoms with E-state index in [4.69, 9.17) is 4.74 Å². The van der Waals surface area contributed by atoms with E-state index in [2.05, 4.69) is 5.32 Å². The number of rotatable bonds is 3. The van der Waals surface area contributed by atoms with Crippen LogP contribution in [0.3, 0.4) is 0 Å². The van der Waals surface area contributed by atoms with Crippen molar-refractivity contribution >= 4 is 5.91 Å². The predicted octanol–water partition coefficient (Wildman–Crippen LogP) is 2.30. The Morgan fingerprint density at radius 1 is 1.14 bits per heavy atom.